The number of piperazine rings is 1. The van der Waals surface area contributed by atoms with Crippen LogP contribution in [0.2, 0.25) is 0 Å². The summed E-state index contributed by atoms with van der Waals surface area (Å²) >= 11 is 0. The number of carbonyl (C=O) groups excluding carboxylic acids is 2. The SMILES string of the molecule is CCCCC(CC)C(=O)N1CCN(CC(=O)NC2CC2)CC1. The molecule has 2 fully saturated rings. The molecule has 22 heavy (non-hydrogen) atoms. The lowest BCUT2D eigenvalue weighted by Gasteiger charge is -2.36. The quantitative estimate of drug-likeness (QED) is 0.741. The highest BCUT2D eigenvalue weighted by Crippen LogP contribution is 2.19. The Hall–Kier alpha value is -1.10. The molecule has 0 aromatic rings. The number of nitrogens with one attached hydrogen (secondary N) is 1. The Labute approximate surface area is 134 Å². The summed E-state index contributed by atoms with van der Waals surface area (Å²) in [5.74, 6) is 0.638. The average Bonchev–Trinajstić information content (AvgIpc) is 3.32. The van der Waals surface area contributed by atoms with E-state index in [9.17, 15) is 9.59 Å². The van der Waals surface area contributed by atoms with Crippen LogP contribution in [-0.2, 0) is 9.59 Å². The average molecular weight is 309 g/mol. The van der Waals surface area contributed by atoms with Gasteiger partial charge in [-0.25, -0.2) is 0 Å². The molecule has 2 amide bonds. The molecular weight excluding hydrogens is 278 g/mol. The maximum absolute atomic E-state index is 12.5. The summed E-state index contributed by atoms with van der Waals surface area (Å²) in [5.41, 5.74) is 0. The van der Waals surface area contributed by atoms with Crippen LogP contribution in [-0.4, -0.2) is 60.4 Å². The highest BCUT2D eigenvalue weighted by Gasteiger charge is 2.28. The Kier molecular flexibility index (Phi) is 6.68. The third-order valence-electron chi connectivity index (χ3n) is 4.74. The number of carbonyl (C=O) groups is 2. The van der Waals surface area contributed by atoms with E-state index in [2.05, 4.69) is 24.1 Å². The first kappa shape index (κ1) is 17.3. The van der Waals surface area contributed by atoms with E-state index in [1.165, 1.54) is 0 Å². The molecule has 126 valence electrons. The summed E-state index contributed by atoms with van der Waals surface area (Å²) in [6, 6.07) is 0.430. The van der Waals surface area contributed by atoms with Gasteiger partial charge in [0.15, 0.2) is 0 Å². The molecule has 1 saturated carbocycles. The van der Waals surface area contributed by atoms with Crippen molar-refractivity contribution in [2.75, 3.05) is 32.7 Å². The van der Waals surface area contributed by atoms with Gasteiger partial charge in [-0.2, -0.15) is 0 Å². The van der Waals surface area contributed by atoms with Crippen LogP contribution in [0.25, 0.3) is 0 Å². The lowest BCUT2D eigenvalue weighted by molar-refractivity contribution is -0.137. The largest absolute Gasteiger partial charge is 0.352 e. The fraction of sp³-hybridized carbons (Fsp3) is 0.882. The Bertz CT molecular complexity index is 374. The Morgan fingerprint density at radius 3 is 2.36 bits per heavy atom. The minimum Gasteiger partial charge on any atom is -0.352 e. The molecule has 0 radical (unpaired) electrons. The third-order valence-corrected chi connectivity index (χ3v) is 4.74. The van der Waals surface area contributed by atoms with E-state index in [1.807, 2.05) is 4.90 Å². The van der Waals surface area contributed by atoms with Crippen molar-refractivity contribution >= 4 is 11.8 Å². The second kappa shape index (κ2) is 8.51. The van der Waals surface area contributed by atoms with E-state index in [0.29, 0.717) is 18.5 Å². The lowest BCUT2D eigenvalue weighted by atomic mass is 9.97. The monoisotopic (exact) mass is 309 g/mol. The molecule has 0 spiro atoms. The lowest BCUT2D eigenvalue weighted by Crippen LogP contribution is -2.52. The fourth-order valence-corrected chi connectivity index (χ4v) is 3.04. The number of hydrogen-bond acceptors (Lipinski definition) is 3. The highest BCUT2D eigenvalue weighted by atomic mass is 16.2. The van der Waals surface area contributed by atoms with Crippen molar-refractivity contribution in [1.82, 2.24) is 15.1 Å². The van der Waals surface area contributed by atoms with Gasteiger partial charge in [0.2, 0.25) is 11.8 Å². The summed E-state index contributed by atoms with van der Waals surface area (Å²) in [5, 5.41) is 3.02. The van der Waals surface area contributed by atoms with Crippen molar-refractivity contribution in [1.29, 1.82) is 0 Å². The van der Waals surface area contributed by atoms with E-state index in [0.717, 1.165) is 64.7 Å². The van der Waals surface area contributed by atoms with E-state index in [1.54, 1.807) is 0 Å². The van der Waals surface area contributed by atoms with Crippen LogP contribution in [0.3, 0.4) is 0 Å². The number of nitrogens with zero attached hydrogens (tertiary/aromatic N) is 2. The molecule has 0 bridgehead atoms. The first-order chi connectivity index (χ1) is 10.6. The molecule has 5 nitrogen and oxygen atoms in total. The summed E-state index contributed by atoms with van der Waals surface area (Å²) in [6.45, 7) is 7.91. The highest BCUT2D eigenvalue weighted by molar-refractivity contribution is 5.79. The van der Waals surface area contributed by atoms with Crippen molar-refractivity contribution in [2.24, 2.45) is 5.92 Å². The zero-order chi connectivity index (χ0) is 15.9. The Morgan fingerprint density at radius 2 is 1.82 bits per heavy atom. The van der Waals surface area contributed by atoms with Crippen LogP contribution in [0.1, 0.15) is 52.4 Å². The molecule has 1 heterocycles. The molecule has 1 N–H and O–H groups in total. The summed E-state index contributed by atoms with van der Waals surface area (Å²) < 4.78 is 0. The van der Waals surface area contributed by atoms with Gasteiger partial charge in [0, 0.05) is 38.1 Å². The molecule has 1 unspecified atom stereocenters. The first-order valence-corrected chi connectivity index (χ1v) is 8.94. The maximum Gasteiger partial charge on any atom is 0.234 e. The number of rotatable bonds is 8. The number of amides is 2. The molecule has 1 saturated heterocycles. The van der Waals surface area contributed by atoms with Gasteiger partial charge in [-0.05, 0) is 25.7 Å². The molecule has 1 aliphatic carbocycles. The van der Waals surface area contributed by atoms with Gasteiger partial charge < -0.3 is 10.2 Å². The van der Waals surface area contributed by atoms with Crippen LogP contribution < -0.4 is 5.32 Å². The second-order valence-electron chi connectivity index (χ2n) is 6.69. The molecular formula is C17H31N3O2. The molecule has 0 aromatic heterocycles. The predicted molar refractivity (Wildman–Crippen MR) is 87.5 cm³/mol. The van der Waals surface area contributed by atoms with Crippen LogP contribution in [0.15, 0.2) is 0 Å². The van der Waals surface area contributed by atoms with Crippen molar-refractivity contribution in [3.63, 3.8) is 0 Å². The number of hydrogen-bond donors (Lipinski definition) is 1. The van der Waals surface area contributed by atoms with Crippen LogP contribution >= 0.6 is 0 Å². The Balaban J connectivity index is 1.70. The second-order valence-corrected chi connectivity index (χ2v) is 6.69. The molecule has 2 aliphatic rings. The van der Waals surface area contributed by atoms with Gasteiger partial charge in [0.25, 0.3) is 0 Å². The molecule has 2 rings (SSSR count). The van der Waals surface area contributed by atoms with Gasteiger partial charge in [0.05, 0.1) is 6.54 Å². The van der Waals surface area contributed by atoms with Gasteiger partial charge in [-0.1, -0.05) is 26.7 Å². The van der Waals surface area contributed by atoms with Crippen LogP contribution in [0.5, 0.6) is 0 Å². The van der Waals surface area contributed by atoms with E-state index in [-0.39, 0.29) is 11.8 Å². The minimum atomic E-state index is 0.136. The third kappa shape index (κ3) is 5.27. The van der Waals surface area contributed by atoms with Gasteiger partial charge in [-0.15, -0.1) is 0 Å². The first-order valence-electron chi connectivity index (χ1n) is 8.94. The van der Waals surface area contributed by atoms with Gasteiger partial charge >= 0.3 is 0 Å². The molecule has 1 atom stereocenters. The summed E-state index contributed by atoms with van der Waals surface area (Å²) in [6.07, 6.45) is 6.48. The standard InChI is InChI=1S/C17H31N3O2/c1-3-5-6-14(4-2)17(22)20-11-9-19(10-12-20)13-16(21)18-15-7-8-15/h14-15H,3-13H2,1-2H3,(H,18,21). The summed E-state index contributed by atoms with van der Waals surface area (Å²) in [7, 11) is 0. The Morgan fingerprint density at radius 1 is 1.14 bits per heavy atom. The minimum absolute atomic E-state index is 0.136. The van der Waals surface area contributed by atoms with E-state index < -0.39 is 0 Å². The zero-order valence-corrected chi connectivity index (χ0v) is 14.1. The molecule has 5 heteroatoms. The smallest absolute Gasteiger partial charge is 0.234 e. The van der Waals surface area contributed by atoms with Crippen molar-refractivity contribution in [2.45, 2.75) is 58.4 Å². The van der Waals surface area contributed by atoms with E-state index in [4.69, 9.17) is 0 Å². The normalized spacial score (nSPS) is 20.7. The fourth-order valence-electron chi connectivity index (χ4n) is 3.04. The van der Waals surface area contributed by atoms with Gasteiger partial charge in [-0.3, -0.25) is 14.5 Å². The van der Waals surface area contributed by atoms with Gasteiger partial charge in [0.1, 0.15) is 0 Å². The maximum atomic E-state index is 12.5. The van der Waals surface area contributed by atoms with Crippen molar-refractivity contribution in [3.8, 4) is 0 Å². The van der Waals surface area contributed by atoms with Crippen molar-refractivity contribution in [3.05, 3.63) is 0 Å². The van der Waals surface area contributed by atoms with E-state index >= 15 is 0 Å². The zero-order valence-electron chi connectivity index (χ0n) is 14.1. The molecule has 0 aromatic carbocycles. The summed E-state index contributed by atoms with van der Waals surface area (Å²) in [4.78, 5) is 28.5. The van der Waals surface area contributed by atoms with Crippen LogP contribution in [0, 0.1) is 5.92 Å². The molecule has 1 aliphatic heterocycles. The van der Waals surface area contributed by atoms with Crippen molar-refractivity contribution < 1.29 is 9.59 Å². The topological polar surface area (TPSA) is 52.7 Å². The van der Waals surface area contributed by atoms with Crippen LogP contribution in [0.4, 0.5) is 0 Å². The number of unbranched alkanes of at least 4 members (excludes halogenated alkanes) is 1. The predicted octanol–water partition coefficient (Wildman–Crippen LogP) is 1.63.